The van der Waals surface area contributed by atoms with Crippen molar-refractivity contribution in [3.8, 4) is 17.2 Å². The highest BCUT2D eigenvalue weighted by atomic mass is 32.2. The zero-order valence-electron chi connectivity index (χ0n) is 17.6. The Hall–Kier alpha value is -4.32. The van der Waals surface area contributed by atoms with Crippen LogP contribution in [-0.4, -0.2) is 38.9 Å². The van der Waals surface area contributed by atoms with Crippen LogP contribution in [0.5, 0.6) is 17.2 Å². The topological polar surface area (TPSA) is 152 Å². The molecule has 0 radical (unpaired) electrons. The van der Waals surface area contributed by atoms with Gasteiger partial charge in [0.25, 0.3) is 15.7 Å². The van der Waals surface area contributed by atoms with Crippen molar-refractivity contribution in [2.24, 2.45) is 5.10 Å². The van der Waals surface area contributed by atoms with E-state index in [1.807, 2.05) is 0 Å². The van der Waals surface area contributed by atoms with E-state index in [1.54, 1.807) is 24.3 Å². The van der Waals surface area contributed by atoms with Crippen LogP contribution in [0.4, 0.5) is 17.1 Å². The van der Waals surface area contributed by atoms with Crippen molar-refractivity contribution < 1.29 is 27.9 Å². The lowest BCUT2D eigenvalue weighted by atomic mass is 10.2. The van der Waals surface area contributed by atoms with Gasteiger partial charge in [-0.1, -0.05) is 12.1 Å². The molecule has 0 unspecified atom stereocenters. The molecule has 0 aliphatic rings. The van der Waals surface area contributed by atoms with Crippen molar-refractivity contribution in [3.63, 3.8) is 0 Å². The highest BCUT2D eigenvalue weighted by molar-refractivity contribution is 7.92. The number of phenols is 1. The third-order valence-corrected chi connectivity index (χ3v) is 5.79. The maximum Gasteiger partial charge on any atom is 0.295 e. The lowest BCUT2D eigenvalue weighted by Gasteiger charge is -2.12. The molecule has 0 saturated heterocycles. The van der Waals surface area contributed by atoms with Gasteiger partial charge in [-0.2, -0.15) is 5.10 Å². The first-order valence-electron chi connectivity index (χ1n) is 9.35. The minimum absolute atomic E-state index is 0.0229. The molecule has 0 atom stereocenters. The number of phenolic OH excluding ortho intramolecular Hbond substituents is 1. The van der Waals surface area contributed by atoms with Gasteiger partial charge in [0.2, 0.25) is 0 Å². The number of benzene rings is 3. The van der Waals surface area contributed by atoms with Crippen LogP contribution < -0.4 is 19.6 Å². The summed E-state index contributed by atoms with van der Waals surface area (Å²) in [5.41, 5.74) is 2.70. The number of nitrogens with one attached hydrogen (secondary N) is 2. The predicted molar refractivity (Wildman–Crippen MR) is 123 cm³/mol. The van der Waals surface area contributed by atoms with E-state index in [-0.39, 0.29) is 27.8 Å². The zero-order valence-corrected chi connectivity index (χ0v) is 18.4. The molecule has 12 heteroatoms. The second-order valence-corrected chi connectivity index (χ2v) is 8.23. The number of sulfonamides is 1. The summed E-state index contributed by atoms with van der Waals surface area (Å²) in [5, 5.41) is 25.3. The summed E-state index contributed by atoms with van der Waals surface area (Å²) >= 11 is 0. The molecule has 172 valence electrons. The van der Waals surface area contributed by atoms with E-state index in [4.69, 9.17) is 9.47 Å². The minimum Gasteiger partial charge on any atom is -0.504 e. The summed E-state index contributed by atoms with van der Waals surface area (Å²) in [7, 11) is -1.32. The number of hydrogen-bond acceptors (Lipinski definition) is 9. The number of nitro groups is 1. The van der Waals surface area contributed by atoms with Crippen molar-refractivity contribution in [1.29, 1.82) is 0 Å². The summed E-state index contributed by atoms with van der Waals surface area (Å²) in [6.45, 7) is 0. The van der Waals surface area contributed by atoms with Gasteiger partial charge in [0, 0.05) is 6.07 Å². The fraction of sp³-hybridized carbons (Fsp3) is 0.0952. The van der Waals surface area contributed by atoms with Crippen molar-refractivity contribution in [3.05, 3.63) is 76.3 Å². The number of methoxy groups -OCH3 is 2. The van der Waals surface area contributed by atoms with Gasteiger partial charge in [-0.15, -0.1) is 0 Å². The Morgan fingerprint density at radius 2 is 1.73 bits per heavy atom. The summed E-state index contributed by atoms with van der Waals surface area (Å²) < 4.78 is 38.0. The largest absolute Gasteiger partial charge is 0.504 e. The molecule has 0 aliphatic heterocycles. The molecule has 0 fully saturated rings. The summed E-state index contributed by atoms with van der Waals surface area (Å²) in [6.07, 6.45) is 1.33. The Balaban J connectivity index is 1.84. The second kappa shape index (κ2) is 9.87. The molecule has 3 aromatic rings. The van der Waals surface area contributed by atoms with Crippen LogP contribution in [0.1, 0.15) is 5.56 Å². The molecule has 11 nitrogen and oxygen atoms in total. The van der Waals surface area contributed by atoms with Gasteiger partial charge >= 0.3 is 0 Å². The molecule has 0 bridgehead atoms. The quantitative estimate of drug-likeness (QED) is 0.243. The van der Waals surface area contributed by atoms with E-state index in [2.05, 4.69) is 15.2 Å². The lowest BCUT2D eigenvalue weighted by molar-refractivity contribution is -0.384. The Labute approximate surface area is 189 Å². The van der Waals surface area contributed by atoms with Gasteiger partial charge < -0.3 is 14.6 Å². The Morgan fingerprint density at radius 3 is 2.39 bits per heavy atom. The maximum absolute atomic E-state index is 12.8. The van der Waals surface area contributed by atoms with Gasteiger partial charge in [0.15, 0.2) is 11.5 Å². The number of nitrogens with zero attached hydrogens (tertiary/aromatic N) is 2. The van der Waals surface area contributed by atoms with Crippen LogP contribution in [0.2, 0.25) is 0 Å². The molecular formula is C21H20N4O7S. The van der Waals surface area contributed by atoms with E-state index in [1.165, 1.54) is 50.8 Å². The monoisotopic (exact) mass is 472 g/mol. The molecule has 0 aromatic heterocycles. The first kappa shape index (κ1) is 23.3. The Kier molecular flexibility index (Phi) is 6.98. The van der Waals surface area contributed by atoms with Crippen molar-refractivity contribution >= 4 is 33.3 Å². The normalized spacial score (nSPS) is 11.2. The first-order chi connectivity index (χ1) is 15.7. The van der Waals surface area contributed by atoms with E-state index in [9.17, 15) is 23.6 Å². The molecule has 0 amide bonds. The summed E-state index contributed by atoms with van der Waals surface area (Å²) in [5.74, 6) is 0.492. The van der Waals surface area contributed by atoms with E-state index >= 15 is 0 Å². The van der Waals surface area contributed by atoms with Gasteiger partial charge in [-0.25, -0.2) is 8.42 Å². The van der Waals surface area contributed by atoms with Crippen LogP contribution in [0, 0.1) is 10.1 Å². The second-order valence-electron chi connectivity index (χ2n) is 6.54. The van der Waals surface area contributed by atoms with Gasteiger partial charge in [0.05, 0.1) is 35.9 Å². The van der Waals surface area contributed by atoms with Crippen molar-refractivity contribution in [2.45, 2.75) is 4.90 Å². The van der Waals surface area contributed by atoms with Crippen LogP contribution in [0.25, 0.3) is 0 Å². The van der Waals surface area contributed by atoms with Crippen molar-refractivity contribution in [1.82, 2.24) is 0 Å². The Morgan fingerprint density at radius 1 is 1.00 bits per heavy atom. The molecule has 0 heterocycles. The number of ether oxygens (including phenoxy) is 2. The third-order valence-electron chi connectivity index (χ3n) is 4.43. The van der Waals surface area contributed by atoms with Crippen LogP contribution in [0.3, 0.4) is 0 Å². The number of hydrazone groups is 1. The molecule has 3 N–H and O–H groups in total. The van der Waals surface area contributed by atoms with Crippen LogP contribution >= 0.6 is 0 Å². The zero-order chi connectivity index (χ0) is 24.0. The number of nitro benzene ring substituents is 1. The molecule has 0 spiro atoms. The first-order valence-corrected chi connectivity index (χ1v) is 10.8. The van der Waals surface area contributed by atoms with Gasteiger partial charge in [-0.05, 0) is 48.0 Å². The summed E-state index contributed by atoms with van der Waals surface area (Å²) in [4.78, 5) is 10.5. The molecule has 0 aliphatic carbocycles. The molecule has 0 saturated carbocycles. The minimum atomic E-state index is -4.13. The predicted octanol–water partition coefficient (Wildman–Crippen LogP) is 3.56. The van der Waals surface area contributed by atoms with E-state index in [0.717, 1.165) is 6.07 Å². The molecule has 3 rings (SSSR count). The maximum atomic E-state index is 12.8. The average molecular weight is 472 g/mol. The van der Waals surface area contributed by atoms with Crippen LogP contribution in [-0.2, 0) is 10.0 Å². The van der Waals surface area contributed by atoms with Gasteiger partial charge in [0.1, 0.15) is 11.4 Å². The number of anilines is 2. The highest BCUT2D eigenvalue weighted by Gasteiger charge is 2.22. The molecule has 33 heavy (non-hydrogen) atoms. The van der Waals surface area contributed by atoms with E-state index in [0.29, 0.717) is 11.3 Å². The van der Waals surface area contributed by atoms with Crippen molar-refractivity contribution in [2.75, 3.05) is 24.4 Å². The lowest BCUT2D eigenvalue weighted by Crippen LogP contribution is -2.14. The van der Waals surface area contributed by atoms with Crippen LogP contribution in [0.15, 0.2) is 70.7 Å². The number of hydrogen-bond donors (Lipinski definition) is 3. The number of aromatic hydroxyl groups is 1. The smallest absolute Gasteiger partial charge is 0.295 e. The fourth-order valence-corrected chi connectivity index (χ4v) is 3.91. The number of para-hydroxylation sites is 2. The number of rotatable bonds is 9. The highest BCUT2D eigenvalue weighted by Crippen LogP contribution is 2.31. The SMILES string of the molecule is COc1ccc(C=NNc2ccc(S(=O)(=O)Nc3ccccc3OC)cc2[N+](=O)[O-])cc1O. The Bertz CT molecular complexity index is 1310. The fourth-order valence-electron chi connectivity index (χ4n) is 2.82. The average Bonchev–Trinajstić information content (AvgIpc) is 2.79. The standard InChI is InChI=1S/C21H20N4O7S/c1-31-20-6-4-3-5-17(20)24-33(29,30)15-8-9-16(18(12-15)25(27)28)23-22-13-14-7-10-21(32-2)19(26)11-14/h3-13,23-24,26H,1-2H3. The summed E-state index contributed by atoms with van der Waals surface area (Å²) in [6, 6.07) is 14.3. The van der Waals surface area contributed by atoms with E-state index < -0.39 is 20.6 Å². The third kappa shape index (κ3) is 5.49. The molecule has 3 aromatic carbocycles. The van der Waals surface area contributed by atoms with Gasteiger partial charge in [-0.3, -0.25) is 20.3 Å². The molecular weight excluding hydrogens is 452 g/mol.